The van der Waals surface area contributed by atoms with Gasteiger partial charge in [0, 0.05) is 18.9 Å². The largest absolute Gasteiger partial charge is 0.340 e. The summed E-state index contributed by atoms with van der Waals surface area (Å²) in [5.74, 6) is -0.121. The summed E-state index contributed by atoms with van der Waals surface area (Å²) in [5, 5.41) is 2.83. The van der Waals surface area contributed by atoms with E-state index >= 15 is 0 Å². The zero-order chi connectivity index (χ0) is 14.9. The summed E-state index contributed by atoms with van der Waals surface area (Å²) in [4.78, 5) is 30.4. The molecule has 1 saturated heterocycles. The number of aromatic nitrogens is 1. The first kappa shape index (κ1) is 14.5. The van der Waals surface area contributed by atoms with Crippen molar-refractivity contribution in [2.75, 3.05) is 0 Å². The standard InChI is InChI=1S/C15H21N3O2/c1-5-15(4)14(20)18(11(3)13(19)17-15)9-12-6-7-16-8-10(12)2/h6-8,11H,5,9H2,1-4H3,(H,17,19). The maximum atomic E-state index is 12.6. The average molecular weight is 275 g/mol. The van der Waals surface area contributed by atoms with Gasteiger partial charge in [-0.25, -0.2) is 0 Å². The third-order valence-electron chi connectivity index (χ3n) is 4.16. The minimum Gasteiger partial charge on any atom is -0.340 e. The number of aryl methyl sites for hydroxylation is 1. The highest BCUT2D eigenvalue weighted by Crippen LogP contribution is 2.23. The summed E-state index contributed by atoms with van der Waals surface area (Å²) < 4.78 is 0. The van der Waals surface area contributed by atoms with Crippen LogP contribution in [0, 0.1) is 6.92 Å². The van der Waals surface area contributed by atoms with Crippen molar-refractivity contribution in [2.45, 2.75) is 52.2 Å². The molecule has 1 N–H and O–H groups in total. The lowest BCUT2D eigenvalue weighted by molar-refractivity contribution is -0.154. The molecule has 1 aromatic heterocycles. The average Bonchev–Trinajstić information content (AvgIpc) is 2.43. The first-order chi connectivity index (χ1) is 9.39. The maximum Gasteiger partial charge on any atom is 0.248 e. The number of amides is 2. The number of carbonyl (C=O) groups excluding carboxylic acids is 2. The van der Waals surface area contributed by atoms with E-state index in [1.165, 1.54) is 0 Å². The highest BCUT2D eigenvalue weighted by Gasteiger charge is 2.45. The molecular formula is C15H21N3O2. The van der Waals surface area contributed by atoms with Gasteiger partial charge in [-0.2, -0.15) is 0 Å². The number of carbonyl (C=O) groups is 2. The fourth-order valence-electron chi connectivity index (χ4n) is 2.38. The molecule has 1 aliphatic heterocycles. The minimum absolute atomic E-state index is 0.0247. The van der Waals surface area contributed by atoms with E-state index in [9.17, 15) is 9.59 Å². The van der Waals surface area contributed by atoms with E-state index in [0.717, 1.165) is 11.1 Å². The number of hydrogen-bond acceptors (Lipinski definition) is 3. The Morgan fingerprint density at radius 1 is 1.45 bits per heavy atom. The molecule has 5 nitrogen and oxygen atoms in total. The summed E-state index contributed by atoms with van der Waals surface area (Å²) in [6.45, 7) is 7.85. The van der Waals surface area contributed by atoms with Gasteiger partial charge in [-0.1, -0.05) is 6.92 Å². The monoisotopic (exact) mass is 275 g/mol. The Labute approximate surface area is 119 Å². The molecule has 0 saturated carbocycles. The smallest absolute Gasteiger partial charge is 0.248 e. The van der Waals surface area contributed by atoms with Crippen molar-refractivity contribution in [2.24, 2.45) is 0 Å². The lowest BCUT2D eigenvalue weighted by Gasteiger charge is -2.43. The molecule has 2 atom stereocenters. The quantitative estimate of drug-likeness (QED) is 0.907. The van der Waals surface area contributed by atoms with Crippen molar-refractivity contribution < 1.29 is 9.59 Å². The second-order valence-corrected chi connectivity index (χ2v) is 5.59. The van der Waals surface area contributed by atoms with Crippen LogP contribution < -0.4 is 5.32 Å². The third-order valence-corrected chi connectivity index (χ3v) is 4.16. The Morgan fingerprint density at radius 3 is 2.75 bits per heavy atom. The van der Waals surface area contributed by atoms with Crippen LogP contribution in [0.2, 0.25) is 0 Å². The van der Waals surface area contributed by atoms with Gasteiger partial charge in [0.25, 0.3) is 0 Å². The molecule has 0 radical (unpaired) electrons. The zero-order valence-corrected chi connectivity index (χ0v) is 12.4. The van der Waals surface area contributed by atoms with Gasteiger partial charge in [-0.05, 0) is 44.4 Å². The molecule has 2 rings (SSSR count). The van der Waals surface area contributed by atoms with Gasteiger partial charge < -0.3 is 10.2 Å². The van der Waals surface area contributed by atoms with Gasteiger partial charge in [-0.3, -0.25) is 14.6 Å². The molecule has 20 heavy (non-hydrogen) atoms. The molecule has 1 aliphatic rings. The van der Waals surface area contributed by atoms with Gasteiger partial charge in [0.1, 0.15) is 11.6 Å². The Morgan fingerprint density at radius 2 is 2.15 bits per heavy atom. The van der Waals surface area contributed by atoms with E-state index in [1.54, 1.807) is 31.1 Å². The Bertz CT molecular complexity index is 544. The summed E-state index contributed by atoms with van der Waals surface area (Å²) in [7, 11) is 0. The van der Waals surface area contributed by atoms with Crippen LogP contribution in [0.4, 0.5) is 0 Å². The molecule has 108 valence electrons. The molecule has 0 spiro atoms. The van der Waals surface area contributed by atoms with Crippen LogP contribution in [0.25, 0.3) is 0 Å². The molecule has 0 aromatic carbocycles. The minimum atomic E-state index is -0.801. The SMILES string of the molecule is CCC1(C)NC(=O)C(C)N(Cc2ccncc2C)C1=O. The topological polar surface area (TPSA) is 62.3 Å². The van der Waals surface area contributed by atoms with E-state index in [1.807, 2.05) is 19.9 Å². The second kappa shape index (κ2) is 5.23. The van der Waals surface area contributed by atoms with Crippen LogP contribution in [0.3, 0.4) is 0 Å². The van der Waals surface area contributed by atoms with Gasteiger partial charge in [0.05, 0.1) is 0 Å². The fraction of sp³-hybridized carbons (Fsp3) is 0.533. The van der Waals surface area contributed by atoms with Crippen LogP contribution in [0.1, 0.15) is 38.3 Å². The normalized spacial score (nSPS) is 26.6. The lowest BCUT2D eigenvalue weighted by atomic mass is 9.91. The zero-order valence-electron chi connectivity index (χ0n) is 12.4. The van der Waals surface area contributed by atoms with Crippen molar-refractivity contribution in [3.8, 4) is 0 Å². The number of rotatable bonds is 3. The van der Waals surface area contributed by atoms with Crippen LogP contribution in [0.5, 0.6) is 0 Å². The van der Waals surface area contributed by atoms with Crippen molar-refractivity contribution in [1.29, 1.82) is 0 Å². The van der Waals surface area contributed by atoms with E-state index in [-0.39, 0.29) is 11.8 Å². The molecule has 5 heteroatoms. The number of nitrogens with one attached hydrogen (secondary N) is 1. The molecule has 2 heterocycles. The Hall–Kier alpha value is -1.91. The molecule has 0 bridgehead atoms. The lowest BCUT2D eigenvalue weighted by Crippen LogP contribution is -2.68. The predicted octanol–water partition coefficient (Wildman–Crippen LogP) is 1.41. The summed E-state index contributed by atoms with van der Waals surface area (Å²) in [6, 6.07) is 1.44. The van der Waals surface area contributed by atoms with Crippen molar-refractivity contribution >= 4 is 11.8 Å². The van der Waals surface area contributed by atoms with Crippen molar-refractivity contribution in [1.82, 2.24) is 15.2 Å². The second-order valence-electron chi connectivity index (χ2n) is 5.59. The molecule has 1 fully saturated rings. The van der Waals surface area contributed by atoms with E-state index in [0.29, 0.717) is 13.0 Å². The summed E-state index contributed by atoms with van der Waals surface area (Å²) >= 11 is 0. The van der Waals surface area contributed by atoms with Crippen LogP contribution in [-0.4, -0.2) is 33.3 Å². The molecule has 2 unspecified atom stereocenters. The van der Waals surface area contributed by atoms with Crippen LogP contribution in [-0.2, 0) is 16.1 Å². The highest BCUT2D eigenvalue weighted by molar-refractivity contribution is 5.99. The van der Waals surface area contributed by atoms with Gasteiger partial charge in [0.15, 0.2) is 0 Å². The highest BCUT2D eigenvalue weighted by atomic mass is 16.2. The number of nitrogens with zero attached hydrogens (tertiary/aromatic N) is 2. The number of pyridine rings is 1. The molecule has 1 aromatic rings. The molecule has 0 aliphatic carbocycles. The van der Waals surface area contributed by atoms with Crippen LogP contribution >= 0.6 is 0 Å². The summed E-state index contributed by atoms with van der Waals surface area (Å²) in [6.07, 6.45) is 4.06. The van der Waals surface area contributed by atoms with Gasteiger partial charge >= 0.3 is 0 Å². The predicted molar refractivity (Wildman–Crippen MR) is 75.8 cm³/mol. The Kier molecular flexibility index (Phi) is 3.79. The number of hydrogen-bond donors (Lipinski definition) is 1. The van der Waals surface area contributed by atoms with E-state index in [4.69, 9.17) is 0 Å². The molecule has 2 amide bonds. The van der Waals surface area contributed by atoms with Crippen molar-refractivity contribution in [3.05, 3.63) is 29.6 Å². The maximum absolute atomic E-state index is 12.6. The first-order valence-corrected chi connectivity index (χ1v) is 6.91. The van der Waals surface area contributed by atoms with Crippen LogP contribution in [0.15, 0.2) is 18.5 Å². The van der Waals surface area contributed by atoms with E-state index in [2.05, 4.69) is 10.3 Å². The summed E-state index contributed by atoms with van der Waals surface area (Å²) in [5.41, 5.74) is 1.25. The van der Waals surface area contributed by atoms with Gasteiger partial charge in [0.2, 0.25) is 11.8 Å². The first-order valence-electron chi connectivity index (χ1n) is 6.91. The van der Waals surface area contributed by atoms with Gasteiger partial charge in [-0.15, -0.1) is 0 Å². The number of piperazine rings is 1. The third kappa shape index (κ3) is 2.40. The van der Waals surface area contributed by atoms with E-state index < -0.39 is 11.6 Å². The Balaban J connectivity index is 2.31. The molecular weight excluding hydrogens is 254 g/mol. The fourth-order valence-corrected chi connectivity index (χ4v) is 2.38. The van der Waals surface area contributed by atoms with Crippen molar-refractivity contribution in [3.63, 3.8) is 0 Å².